The van der Waals surface area contributed by atoms with Crippen LogP contribution in [0.25, 0.3) is 0 Å². The molecule has 1 rings (SSSR count). The zero-order chi connectivity index (χ0) is 13.5. The lowest BCUT2D eigenvalue weighted by atomic mass is 10.3. The average Bonchev–Trinajstić information content (AvgIpc) is 2.75. The topological polar surface area (TPSA) is 63.1 Å². The molecule has 0 spiro atoms. The van der Waals surface area contributed by atoms with E-state index >= 15 is 0 Å². The number of hydrogen-bond donors (Lipinski definition) is 1. The minimum absolute atomic E-state index is 0.0923. The lowest BCUT2D eigenvalue weighted by molar-refractivity contribution is -0.121. The van der Waals surface area contributed by atoms with Crippen LogP contribution < -0.4 is 5.32 Å². The molecular formula is C12H23N5O. The maximum absolute atomic E-state index is 11.4. The van der Waals surface area contributed by atoms with Crippen LogP contribution in [0.5, 0.6) is 0 Å². The Morgan fingerprint density at radius 1 is 1.56 bits per heavy atom. The fourth-order valence-corrected chi connectivity index (χ4v) is 1.71. The van der Waals surface area contributed by atoms with E-state index < -0.39 is 0 Å². The molecular weight excluding hydrogens is 230 g/mol. The summed E-state index contributed by atoms with van der Waals surface area (Å²) < 4.78 is 2.04. The van der Waals surface area contributed by atoms with E-state index in [-0.39, 0.29) is 5.91 Å². The molecule has 0 radical (unpaired) electrons. The van der Waals surface area contributed by atoms with Gasteiger partial charge >= 0.3 is 0 Å². The first-order chi connectivity index (χ1) is 8.54. The van der Waals surface area contributed by atoms with Crippen LogP contribution >= 0.6 is 0 Å². The van der Waals surface area contributed by atoms with Gasteiger partial charge in [-0.25, -0.2) is 0 Å². The summed E-state index contributed by atoms with van der Waals surface area (Å²) in [5.74, 6) is 1.03. The summed E-state index contributed by atoms with van der Waals surface area (Å²) in [6.07, 6.45) is 2.26. The number of rotatable bonds is 7. The first kappa shape index (κ1) is 14.6. The zero-order valence-corrected chi connectivity index (χ0v) is 11.7. The molecule has 0 bridgehead atoms. The number of nitrogens with zero attached hydrogens (tertiary/aromatic N) is 4. The highest BCUT2D eigenvalue weighted by Crippen LogP contribution is 2.08. The third kappa shape index (κ3) is 4.44. The van der Waals surface area contributed by atoms with E-state index in [1.165, 1.54) is 0 Å². The summed E-state index contributed by atoms with van der Waals surface area (Å²) in [4.78, 5) is 13.4. The number of carbonyl (C=O) groups excluding carboxylic acids is 1. The van der Waals surface area contributed by atoms with Gasteiger partial charge in [0, 0.05) is 25.6 Å². The number of nitrogens with one attached hydrogen (secondary N) is 1. The largest absolute Gasteiger partial charge is 0.356 e. The summed E-state index contributed by atoms with van der Waals surface area (Å²) in [7, 11) is 1.98. The zero-order valence-electron chi connectivity index (χ0n) is 11.7. The molecule has 1 heterocycles. The van der Waals surface area contributed by atoms with E-state index in [2.05, 4.69) is 34.3 Å². The molecule has 0 atom stereocenters. The predicted molar refractivity (Wildman–Crippen MR) is 70.0 cm³/mol. The lowest BCUT2D eigenvalue weighted by Crippen LogP contribution is -2.29. The molecule has 6 nitrogen and oxygen atoms in total. The molecule has 1 N–H and O–H groups in total. The van der Waals surface area contributed by atoms with Crippen molar-refractivity contribution < 1.29 is 4.79 Å². The minimum Gasteiger partial charge on any atom is -0.356 e. The van der Waals surface area contributed by atoms with Crippen molar-refractivity contribution in [3.8, 4) is 0 Å². The molecule has 0 saturated heterocycles. The van der Waals surface area contributed by atoms with Crippen LogP contribution in [0.15, 0.2) is 6.33 Å². The second-order valence-corrected chi connectivity index (χ2v) is 4.69. The van der Waals surface area contributed by atoms with Crippen molar-refractivity contribution in [1.82, 2.24) is 25.0 Å². The van der Waals surface area contributed by atoms with Crippen molar-refractivity contribution in [3.05, 3.63) is 12.2 Å². The summed E-state index contributed by atoms with van der Waals surface area (Å²) in [5, 5.41) is 10.8. The van der Waals surface area contributed by atoms with E-state index in [9.17, 15) is 4.79 Å². The molecule has 6 heteroatoms. The molecule has 0 fully saturated rings. The minimum atomic E-state index is 0.0923. The third-order valence-electron chi connectivity index (χ3n) is 2.71. The Hall–Kier alpha value is -1.43. The molecule has 1 aromatic heterocycles. The Morgan fingerprint density at radius 2 is 2.28 bits per heavy atom. The molecule has 0 aliphatic rings. The smallest absolute Gasteiger partial charge is 0.221 e. The number of amides is 1. The van der Waals surface area contributed by atoms with Crippen LogP contribution in [0.3, 0.4) is 0 Å². The van der Waals surface area contributed by atoms with Gasteiger partial charge in [-0.1, -0.05) is 0 Å². The summed E-state index contributed by atoms with van der Waals surface area (Å²) in [5.41, 5.74) is 0. The normalized spacial score (nSPS) is 11.2. The summed E-state index contributed by atoms with van der Waals surface area (Å²) in [6.45, 7) is 8.23. The molecule has 0 aliphatic heterocycles. The van der Waals surface area contributed by atoms with E-state index in [0.717, 1.165) is 12.4 Å². The van der Waals surface area contributed by atoms with Crippen molar-refractivity contribution in [1.29, 1.82) is 0 Å². The van der Waals surface area contributed by atoms with Crippen LogP contribution in [0.2, 0.25) is 0 Å². The van der Waals surface area contributed by atoms with E-state index in [1.54, 1.807) is 6.33 Å². The van der Waals surface area contributed by atoms with Gasteiger partial charge in [0.25, 0.3) is 0 Å². The Morgan fingerprint density at radius 3 is 2.89 bits per heavy atom. The van der Waals surface area contributed by atoms with Crippen LogP contribution in [-0.4, -0.2) is 45.7 Å². The summed E-state index contributed by atoms with van der Waals surface area (Å²) >= 11 is 0. The maximum atomic E-state index is 11.4. The fraction of sp³-hybridized carbons (Fsp3) is 0.750. The van der Waals surface area contributed by atoms with Crippen LogP contribution in [0.4, 0.5) is 0 Å². The van der Waals surface area contributed by atoms with Crippen molar-refractivity contribution in [2.75, 3.05) is 20.1 Å². The first-order valence-electron chi connectivity index (χ1n) is 6.38. The van der Waals surface area contributed by atoms with E-state index in [0.29, 0.717) is 25.6 Å². The van der Waals surface area contributed by atoms with Gasteiger partial charge in [0.05, 0.1) is 6.54 Å². The highest BCUT2D eigenvalue weighted by atomic mass is 16.1. The SMILES string of the molecule is CCNC(=O)CCN(C)Cc1nncn1C(C)C. The predicted octanol–water partition coefficient (Wildman–Crippen LogP) is 0.817. The number of aromatic nitrogens is 3. The van der Waals surface area contributed by atoms with Crippen molar-refractivity contribution in [3.63, 3.8) is 0 Å². The van der Waals surface area contributed by atoms with Crippen LogP contribution in [0, 0.1) is 0 Å². The number of carbonyl (C=O) groups is 1. The quantitative estimate of drug-likeness (QED) is 0.781. The molecule has 0 aliphatic carbocycles. The Kier molecular flexibility index (Phi) is 5.77. The maximum Gasteiger partial charge on any atom is 0.221 e. The highest BCUT2D eigenvalue weighted by molar-refractivity contribution is 5.75. The average molecular weight is 253 g/mol. The van der Waals surface area contributed by atoms with Crippen molar-refractivity contribution in [2.24, 2.45) is 0 Å². The summed E-state index contributed by atoms with van der Waals surface area (Å²) in [6, 6.07) is 0.354. The number of hydrogen-bond acceptors (Lipinski definition) is 4. The molecule has 1 aromatic rings. The second-order valence-electron chi connectivity index (χ2n) is 4.69. The van der Waals surface area contributed by atoms with Crippen molar-refractivity contribution in [2.45, 2.75) is 39.8 Å². The Balaban J connectivity index is 2.42. The molecule has 18 heavy (non-hydrogen) atoms. The standard InChI is InChI=1S/C12H23N5O/c1-5-13-12(18)6-7-16(4)8-11-15-14-9-17(11)10(2)3/h9-10H,5-8H2,1-4H3,(H,13,18). The van der Waals surface area contributed by atoms with E-state index in [1.807, 2.05) is 18.5 Å². The van der Waals surface area contributed by atoms with Gasteiger partial charge in [0.15, 0.2) is 0 Å². The van der Waals surface area contributed by atoms with E-state index in [4.69, 9.17) is 0 Å². The van der Waals surface area contributed by atoms with Gasteiger partial charge in [-0.2, -0.15) is 0 Å². The second kappa shape index (κ2) is 7.10. The van der Waals surface area contributed by atoms with Gasteiger partial charge in [-0.3, -0.25) is 9.69 Å². The highest BCUT2D eigenvalue weighted by Gasteiger charge is 2.10. The van der Waals surface area contributed by atoms with Gasteiger partial charge in [0.2, 0.25) is 5.91 Å². The molecule has 0 saturated carbocycles. The van der Waals surface area contributed by atoms with Crippen LogP contribution in [-0.2, 0) is 11.3 Å². The van der Waals surface area contributed by atoms with Crippen LogP contribution in [0.1, 0.15) is 39.1 Å². The first-order valence-corrected chi connectivity index (χ1v) is 6.38. The lowest BCUT2D eigenvalue weighted by Gasteiger charge is -2.17. The van der Waals surface area contributed by atoms with Gasteiger partial charge in [-0.15, -0.1) is 10.2 Å². The molecule has 1 amide bonds. The molecule has 102 valence electrons. The monoisotopic (exact) mass is 253 g/mol. The molecule has 0 aromatic carbocycles. The van der Waals surface area contributed by atoms with Gasteiger partial charge in [0.1, 0.15) is 12.2 Å². The molecule has 0 unspecified atom stereocenters. The Bertz CT molecular complexity index is 374. The van der Waals surface area contributed by atoms with Gasteiger partial charge in [-0.05, 0) is 27.8 Å². The fourth-order valence-electron chi connectivity index (χ4n) is 1.71. The third-order valence-corrected chi connectivity index (χ3v) is 2.71. The van der Waals surface area contributed by atoms with Crippen molar-refractivity contribution >= 4 is 5.91 Å². The van der Waals surface area contributed by atoms with Gasteiger partial charge < -0.3 is 9.88 Å². The Labute approximate surface area is 108 Å².